The fourth-order valence-electron chi connectivity index (χ4n) is 3.50. The van der Waals surface area contributed by atoms with Gasteiger partial charge in [0.25, 0.3) is 5.91 Å². The van der Waals surface area contributed by atoms with E-state index in [-0.39, 0.29) is 24.3 Å². The number of fused-ring (bicyclic) bond motifs is 1. The van der Waals surface area contributed by atoms with E-state index in [1.807, 2.05) is 28.9 Å². The van der Waals surface area contributed by atoms with Gasteiger partial charge >= 0.3 is 0 Å². The molecule has 1 fully saturated rings. The average Bonchev–Trinajstić information content (AvgIpc) is 3.03. The maximum atomic E-state index is 12.7. The fraction of sp³-hybridized carbons (Fsp3) is 0.500. The Labute approximate surface area is 147 Å². The Morgan fingerprint density at radius 3 is 2.44 bits per heavy atom. The summed E-state index contributed by atoms with van der Waals surface area (Å²) in [6, 6.07) is 5.60. The molecule has 0 saturated carbocycles. The number of anilines is 1. The zero-order chi connectivity index (χ0) is 18.0. The number of rotatable bonds is 4. The first-order valence-electron chi connectivity index (χ1n) is 8.73. The van der Waals surface area contributed by atoms with Crippen molar-refractivity contribution in [2.45, 2.75) is 19.8 Å². The fourth-order valence-corrected chi connectivity index (χ4v) is 3.50. The molecule has 0 atom stereocenters. The Kier molecular flexibility index (Phi) is 5.03. The van der Waals surface area contributed by atoms with Gasteiger partial charge in [0.1, 0.15) is 0 Å². The first-order valence-corrected chi connectivity index (χ1v) is 8.73. The van der Waals surface area contributed by atoms with Crippen molar-refractivity contribution in [2.24, 2.45) is 5.73 Å². The quantitative estimate of drug-likeness (QED) is 0.847. The summed E-state index contributed by atoms with van der Waals surface area (Å²) in [5, 5.41) is 0. The molecular formula is C18H24N4O3. The van der Waals surface area contributed by atoms with Crippen LogP contribution in [0, 0.1) is 0 Å². The third-order valence-electron chi connectivity index (χ3n) is 4.86. The van der Waals surface area contributed by atoms with E-state index in [2.05, 4.69) is 0 Å². The molecule has 7 nitrogen and oxygen atoms in total. The van der Waals surface area contributed by atoms with Crippen LogP contribution in [-0.4, -0.2) is 66.8 Å². The van der Waals surface area contributed by atoms with Crippen molar-refractivity contribution in [2.75, 3.05) is 44.2 Å². The molecule has 2 heterocycles. The summed E-state index contributed by atoms with van der Waals surface area (Å²) < 4.78 is 0. The normalized spacial score (nSPS) is 17.5. The minimum Gasteiger partial charge on any atom is -0.369 e. The zero-order valence-corrected chi connectivity index (χ0v) is 14.5. The summed E-state index contributed by atoms with van der Waals surface area (Å²) in [6.07, 6.45) is 1.27. The number of nitrogens with two attached hydrogens (primary N) is 1. The van der Waals surface area contributed by atoms with E-state index in [4.69, 9.17) is 5.73 Å². The largest absolute Gasteiger partial charge is 0.369 e. The number of carbonyl (C=O) groups excluding carboxylic acids is 3. The van der Waals surface area contributed by atoms with Gasteiger partial charge in [0.15, 0.2) is 0 Å². The van der Waals surface area contributed by atoms with Gasteiger partial charge in [-0.15, -0.1) is 0 Å². The second-order valence-corrected chi connectivity index (χ2v) is 6.53. The molecule has 3 amide bonds. The molecule has 134 valence electrons. The third kappa shape index (κ3) is 3.66. The molecule has 0 unspecified atom stereocenters. The van der Waals surface area contributed by atoms with Gasteiger partial charge < -0.3 is 15.5 Å². The molecule has 25 heavy (non-hydrogen) atoms. The molecule has 2 N–H and O–H groups in total. The first kappa shape index (κ1) is 17.4. The molecule has 7 heteroatoms. The second-order valence-electron chi connectivity index (χ2n) is 6.53. The highest BCUT2D eigenvalue weighted by atomic mass is 16.2. The van der Waals surface area contributed by atoms with Gasteiger partial charge in [-0.05, 0) is 30.2 Å². The van der Waals surface area contributed by atoms with E-state index in [9.17, 15) is 14.4 Å². The van der Waals surface area contributed by atoms with E-state index >= 15 is 0 Å². The molecule has 0 bridgehead atoms. The van der Waals surface area contributed by atoms with Crippen molar-refractivity contribution in [1.29, 1.82) is 0 Å². The highest BCUT2D eigenvalue weighted by Gasteiger charge is 2.27. The van der Waals surface area contributed by atoms with E-state index in [1.165, 1.54) is 0 Å². The summed E-state index contributed by atoms with van der Waals surface area (Å²) >= 11 is 0. The van der Waals surface area contributed by atoms with Gasteiger partial charge in [-0.3, -0.25) is 19.3 Å². The molecular weight excluding hydrogens is 320 g/mol. The van der Waals surface area contributed by atoms with Crippen LogP contribution in [0.25, 0.3) is 0 Å². The molecule has 1 saturated heterocycles. The lowest BCUT2D eigenvalue weighted by atomic mass is 10.1. The van der Waals surface area contributed by atoms with Crippen LogP contribution in [0.5, 0.6) is 0 Å². The Hall–Kier alpha value is -2.41. The van der Waals surface area contributed by atoms with Crippen molar-refractivity contribution >= 4 is 23.4 Å². The van der Waals surface area contributed by atoms with Gasteiger partial charge in [-0.1, -0.05) is 6.92 Å². The molecule has 3 rings (SSSR count). The number of amides is 3. The first-order chi connectivity index (χ1) is 12.0. The smallest absolute Gasteiger partial charge is 0.253 e. The maximum absolute atomic E-state index is 12.7. The Bertz CT molecular complexity index is 696. The Morgan fingerprint density at radius 1 is 1.08 bits per heavy atom. The molecule has 0 aromatic heterocycles. The number of benzene rings is 1. The van der Waals surface area contributed by atoms with Crippen LogP contribution >= 0.6 is 0 Å². The van der Waals surface area contributed by atoms with Crippen LogP contribution < -0.4 is 10.6 Å². The Balaban J connectivity index is 1.66. The summed E-state index contributed by atoms with van der Waals surface area (Å²) in [5.41, 5.74) is 7.86. The molecule has 2 aliphatic rings. The van der Waals surface area contributed by atoms with Gasteiger partial charge in [0, 0.05) is 50.4 Å². The minimum atomic E-state index is -0.343. The van der Waals surface area contributed by atoms with Gasteiger partial charge in [-0.2, -0.15) is 0 Å². The molecule has 0 radical (unpaired) electrons. The monoisotopic (exact) mass is 344 g/mol. The number of hydrogen-bond donors (Lipinski definition) is 1. The van der Waals surface area contributed by atoms with Gasteiger partial charge in [0.2, 0.25) is 11.8 Å². The lowest BCUT2D eigenvalue weighted by molar-refractivity contribution is -0.119. The van der Waals surface area contributed by atoms with Crippen LogP contribution in [0.2, 0.25) is 0 Å². The highest BCUT2D eigenvalue weighted by molar-refractivity contribution is 5.98. The molecule has 1 aromatic rings. The zero-order valence-electron chi connectivity index (χ0n) is 14.5. The van der Waals surface area contributed by atoms with Crippen molar-refractivity contribution in [1.82, 2.24) is 9.80 Å². The maximum Gasteiger partial charge on any atom is 0.253 e. The molecule has 0 aliphatic carbocycles. The number of nitrogens with zero attached hydrogens (tertiary/aromatic N) is 3. The van der Waals surface area contributed by atoms with Crippen LogP contribution in [0.1, 0.15) is 29.3 Å². The Morgan fingerprint density at radius 2 is 1.80 bits per heavy atom. The second kappa shape index (κ2) is 7.23. The third-order valence-corrected chi connectivity index (χ3v) is 4.86. The van der Waals surface area contributed by atoms with Crippen LogP contribution in [0.15, 0.2) is 18.2 Å². The lowest BCUT2D eigenvalue weighted by Crippen LogP contribution is -2.50. The van der Waals surface area contributed by atoms with E-state index in [1.54, 1.807) is 11.0 Å². The van der Waals surface area contributed by atoms with Gasteiger partial charge in [0.05, 0.1) is 6.54 Å². The van der Waals surface area contributed by atoms with Crippen LogP contribution in [0.3, 0.4) is 0 Å². The van der Waals surface area contributed by atoms with Crippen LogP contribution in [0.4, 0.5) is 5.69 Å². The summed E-state index contributed by atoms with van der Waals surface area (Å²) in [4.78, 5) is 41.2. The minimum absolute atomic E-state index is 0.00166. The van der Waals surface area contributed by atoms with Gasteiger partial charge in [-0.25, -0.2) is 0 Å². The standard InChI is InChI=1S/C18H24N4O3/c1-2-17(24)22-6-5-13-11-14(3-4-15(13)22)18(25)21-9-7-20(8-10-21)12-16(19)23/h3-4,11H,2,5-10,12H2,1H3,(H2,19,23). The molecule has 1 aromatic carbocycles. The summed E-state index contributed by atoms with van der Waals surface area (Å²) in [7, 11) is 0. The van der Waals surface area contributed by atoms with Crippen molar-refractivity contribution in [3.8, 4) is 0 Å². The number of piperazine rings is 1. The lowest BCUT2D eigenvalue weighted by Gasteiger charge is -2.34. The number of hydrogen-bond acceptors (Lipinski definition) is 4. The summed E-state index contributed by atoms with van der Waals surface area (Å²) in [6.45, 7) is 5.26. The predicted molar refractivity (Wildman–Crippen MR) is 94.3 cm³/mol. The van der Waals surface area contributed by atoms with E-state index in [0.29, 0.717) is 44.7 Å². The summed E-state index contributed by atoms with van der Waals surface area (Å²) in [5.74, 6) is -0.227. The highest BCUT2D eigenvalue weighted by Crippen LogP contribution is 2.29. The molecule has 0 spiro atoms. The van der Waals surface area contributed by atoms with Crippen molar-refractivity contribution in [3.63, 3.8) is 0 Å². The SMILES string of the molecule is CCC(=O)N1CCc2cc(C(=O)N3CCN(CC(N)=O)CC3)ccc21. The van der Waals surface area contributed by atoms with E-state index < -0.39 is 0 Å². The van der Waals surface area contributed by atoms with Crippen molar-refractivity contribution < 1.29 is 14.4 Å². The predicted octanol–water partition coefficient (Wildman–Crippen LogP) is 0.229. The number of primary amides is 1. The number of carbonyl (C=O) groups is 3. The van der Waals surface area contributed by atoms with Crippen molar-refractivity contribution in [3.05, 3.63) is 29.3 Å². The topological polar surface area (TPSA) is 87.0 Å². The molecule has 2 aliphatic heterocycles. The average molecular weight is 344 g/mol. The van der Waals surface area contributed by atoms with Crippen LogP contribution in [-0.2, 0) is 16.0 Å². The van der Waals surface area contributed by atoms with E-state index in [0.717, 1.165) is 17.7 Å².